The Labute approximate surface area is 66.7 Å². The highest BCUT2D eigenvalue weighted by molar-refractivity contribution is 7.12. The molecule has 0 unspecified atom stereocenters. The molecule has 4 heteroatoms. The Morgan fingerprint density at radius 1 is 1.36 bits per heavy atom. The van der Waals surface area contributed by atoms with Crippen LogP contribution in [0.3, 0.4) is 0 Å². The fourth-order valence-corrected chi connectivity index (χ4v) is 1.44. The molecular weight excluding hydrogens is 173 g/mol. The van der Waals surface area contributed by atoms with Gasteiger partial charge in [-0.25, -0.2) is 0 Å². The van der Waals surface area contributed by atoms with E-state index in [0.717, 1.165) is 17.4 Å². The Kier molecular flexibility index (Phi) is 2.23. The first-order chi connectivity index (χ1) is 5.04. The Bertz CT molecular complexity index is 236. The van der Waals surface area contributed by atoms with E-state index in [1.807, 2.05) is 0 Å². The summed E-state index contributed by atoms with van der Waals surface area (Å²) in [6.45, 7) is 3.49. The number of hydrogen-bond acceptors (Lipinski definition) is 1. The van der Waals surface area contributed by atoms with E-state index < -0.39 is 11.1 Å². The van der Waals surface area contributed by atoms with E-state index in [0.29, 0.717) is 11.3 Å². The summed E-state index contributed by atoms with van der Waals surface area (Å²) in [7, 11) is 0. The van der Waals surface area contributed by atoms with E-state index in [2.05, 4.69) is 6.92 Å². The summed E-state index contributed by atoms with van der Waals surface area (Å²) in [6.07, 6.45) is -3.78. The average Bonchev–Trinajstić information content (AvgIpc) is 2.32. The van der Waals surface area contributed by atoms with Gasteiger partial charge in [0.15, 0.2) is 0 Å². The van der Waals surface area contributed by atoms with E-state index in [1.165, 1.54) is 6.07 Å². The van der Waals surface area contributed by atoms with Crippen LogP contribution >= 0.6 is 11.3 Å². The Morgan fingerprint density at radius 3 is 2.27 bits per heavy atom. The SMILES string of the molecule is [CH2]Cc1ccc(C(F)(F)F)s1. The van der Waals surface area contributed by atoms with Crippen LogP contribution < -0.4 is 0 Å². The van der Waals surface area contributed by atoms with Gasteiger partial charge in [0, 0.05) is 4.88 Å². The molecule has 1 aromatic heterocycles. The van der Waals surface area contributed by atoms with Crippen molar-refractivity contribution in [3.8, 4) is 0 Å². The lowest BCUT2D eigenvalue weighted by Gasteiger charge is -2.00. The highest BCUT2D eigenvalue weighted by Gasteiger charge is 2.32. The lowest BCUT2D eigenvalue weighted by atomic mass is 10.4. The molecule has 0 aromatic carbocycles. The molecule has 11 heavy (non-hydrogen) atoms. The van der Waals surface area contributed by atoms with E-state index in [-0.39, 0.29) is 0 Å². The van der Waals surface area contributed by atoms with Crippen LogP contribution in [0.15, 0.2) is 12.1 Å². The second kappa shape index (κ2) is 2.85. The third-order valence-electron chi connectivity index (χ3n) is 1.19. The molecule has 0 fully saturated rings. The second-order valence-electron chi connectivity index (χ2n) is 2.01. The molecule has 1 aromatic rings. The van der Waals surface area contributed by atoms with Crippen LogP contribution in [-0.4, -0.2) is 0 Å². The predicted octanol–water partition coefficient (Wildman–Crippen LogP) is 3.14. The van der Waals surface area contributed by atoms with Crippen molar-refractivity contribution < 1.29 is 13.2 Å². The molecule has 0 N–H and O–H groups in total. The minimum absolute atomic E-state index is 0.417. The average molecular weight is 179 g/mol. The maximum Gasteiger partial charge on any atom is 0.425 e. The van der Waals surface area contributed by atoms with Gasteiger partial charge in [0.1, 0.15) is 4.88 Å². The molecular formula is C7H6F3S. The van der Waals surface area contributed by atoms with Gasteiger partial charge in [-0.15, -0.1) is 11.3 Å². The number of hydrogen-bond donors (Lipinski definition) is 0. The van der Waals surface area contributed by atoms with Gasteiger partial charge in [-0.05, 0) is 25.5 Å². The molecule has 0 saturated heterocycles. The van der Waals surface area contributed by atoms with Gasteiger partial charge in [0.05, 0.1) is 0 Å². The standard InChI is InChI=1S/C7H6F3S/c1-2-5-3-4-6(11-5)7(8,9)10/h3-4H,1-2H2. The number of rotatable bonds is 1. The van der Waals surface area contributed by atoms with E-state index in [9.17, 15) is 13.2 Å². The molecule has 61 valence electrons. The molecule has 0 aliphatic carbocycles. The zero-order valence-electron chi connectivity index (χ0n) is 5.61. The normalized spacial score (nSPS) is 12.0. The minimum Gasteiger partial charge on any atom is -0.165 e. The Morgan fingerprint density at radius 2 is 2.00 bits per heavy atom. The lowest BCUT2D eigenvalue weighted by Crippen LogP contribution is -2.00. The molecule has 1 radical (unpaired) electrons. The van der Waals surface area contributed by atoms with E-state index in [1.54, 1.807) is 0 Å². The molecule has 0 saturated carbocycles. The molecule has 0 aliphatic rings. The van der Waals surface area contributed by atoms with Gasteiger partial charge in [-0.3, -0.25) is 0 Å². The smallest absolute Gasteiger partial charge is 0.165 e. The highest BCUT2D eigenvalue weighted by Crippen LogP contribution is 2.34. The highest BCUT2D eigenvalue weighted by atomic mass is 32.1. The molecule has 1 heterocycles. The number of thiophene rings is 1. The van der Waals surface area contributed by atoms with Crippen LogP contribution in [0.4, 0.5) is 13.2 Å². The molecule has 0 amide bonds. The Hall–Kier alpha value is -0.510. The Balaban J connectivity index is 2.89. The predicted molar refractivity (Wildman–Crippen MR) is 38.4 cm³/mol. The first kappa shape index (κ1) is 8.59. The van der Waals surface area contributed by atoms with Gasteiger partial charge in [-0.2, -0.15) is 13.2 Å². The minimum atomic E-state index is -4.20. The van der Waals surface area contributed by atoms with Crippen LogP contribution in [0.25, 0.3) is 0 Å². The van der Waals surface area contributed by atoms with Gasteiger partial charge < -0.3 is 0 Å². The molecule has 0 nitrogen and oxygen atoms in total. The summed E-state index contributed by atoms with van der Waals surface area (Å²) in [5, 5.41) is 0. The summed E-state index contributed by atoms with van der Waals surface area (Å²) in [6, 6.07) is 2.55. The van der Waals surface area contributed by atoms with Crippen molar-refractivity contribution in [1.82, 2.24) is 0 Å². The van der Waals surface area contributed by atoms with Gasteiger partial charge in [0.25, 0.3) is 0 Å². The van der Waals surface area contributed by atoms with Crippen LogP contribution in [0, 0.1) is 6.92 Å². The molecule has 0 spiro atoms. The van der Waals surface area contributed by atoms with Crippen molar-refractivity contribution in [2.45, 2.75) is 12.6 Å². The van der Waals surface area contributed by atoms with E-state index >= 15 is 0 Å². The van der Waals surface area contributed by atoms with E-state index in [4.69, 9.17) is 0 Å². The first-order valence-corrected chi connectivity index (χ1v) is 3.81. The topological polar surface area (TPSA) is 0 Å². The van der Waals surface area contributed by atoms with Crippen LogP contribution in [0.2, 0.25) is 0 Å². The number of alkyl halides is 3. The van der Waals surface area contributed by atoms with Crippen LogP contribution in [0.5, 0.6) is 0 Å². The van der Waals surface area contributed by atoms with Crippen molar-refractivity contribution in [3.63, 3.8) is 0 Å². The largest absolute Gasteiger partial charge is 0.425 e. The second-order valence-corrected chi connectivity index (χ2v) is 3.18. The molecule has 0 bridgehead atoms. The van der Waals surface area contributed by atoms with Gasteiger partial charge in [-0.1, -0.05) is 0 Å². The van der Waals surface area contributed by atoms with Crippen LogP contribution in [-0.2, 0) is 12.6 Å². The monoisotopic (exact) mass is 179 g/mol. The summed E-state index contributed by atoms with van der Waals surface area (Å²) < 4.78 is 35.8. The van der Waals surface area contributed by atoms with Crippen LogP contribution in [0.1, 0.15) is 9.75 Å². The maximum absolute atomic E-state index is 11.9. The summed E-state index contributed by atoms with van der Waals surface area (Å²) in [4.78, 5) is 0.119. The van der Waals surface area contributed by atoms with Crippen molar-refractivity contribution in [3.05, 3.63) is 28.8 Å². The third kappa shape index (κ3) is 1.96. The van der Waals surface area contributed by atoms with Gasteiger partial charge in [0.2, 0.25) is 0 Å². The van der Waals surface area contributed by atoms with Crippen molar-refractivity contribution in [2.75, 3.05) is 0 Å². The maximum atomic E-state index is 11.9. The third-order valence-corrected chi connectivity index (χ3v) is 2.38. The summed E-state index contributed by atoms with van der Waals surface area (Å²) >= 11 is 0.752. The molecule has 0 aliphatic heterocycles. The molecule has 1 rings (SSSR count). The summed E-state index contributed by atoms with van der Waals surface area (Å²) in [5.41, 5.74) is 0. The first-order valence-electron chi connectivity index (χ1n) is 2.99. The van der Waals surface area contributed by atoms with Gasteiger partial charge >= 0.3 is 6.18 Å². The zero-order valence-corrected chi connectivity index (χ0v) is 6.43. The fourth-order valence-electron chi connectivity index (χ4n) is 0.665. The quantitative estimate of drug-likeness (QED) is 0.621. The van der Waals surface area contributed by atoms with Crippen molar-refractivity contribution in [2.24, 2.45) is 0 Å². The summed E-state index contributed by atoms with van der Waals surface area (Å²) in [5.74, 6) is 0. The zero-order chi connectivity index (χ0) is 8.48. The fraction of sp³-hybridized carbons (Fsp3) is 0.286. The number of halogens is 3. The van der Waals surface area contributed by atoms with Crippen molar-refractivity contribution >= 4 is 11.3 Å². The molecule has 0 atom stereocenters. The van der Waals surface area contributed by atoms with Crippen molar-refractivity contribution in [1.29, 1.82) is 0 Å². The lowest BCUT2D eigenvalue weighted by molar-refractivity contribution is -0.134.